The number of hydrogen-bond acceptors (Lipinski definition) is 3. The van der Waals surface area contributed by atoms with Gasteiger partial charge in [0.15, 0.2) is 0 Å². The Morgan fingerprint density at radius 1 is 1.43 bits per heavy atom. The minimum absolute atomic E-state index is 0.427. The topological polar surface area (TPSA) is 67.6 Å². The first-order valence-electron chi connectivity index (χ1n) is 3.79. The number of anilines is 1. The summed E-state index contributed by atoms with van der Waals surface area (Å²) in [5.41, 5.74) is 7.19. The second kappa shape index (κ2) is 3.59. The standard InChI is InChI=1S/C8H6BrClN4/c9-5-3-12-7(10)1-4(5)6-2-8(11)14-13-6/h1-3H,(H3,11,13,14). The molecular weight excluding hydrogens is 267 g/mol. The summed E-state index contributed by atoms with van der Waals surface area (Å²) in [6, 6.07) is 3.47. The second-order valence-electron chi connectivity index (χ2n) is 2.69. The average Bonchev–Trinajstić information content (AvgIpc) is 2.56. The summed E-state index contributed by atoms with van der Waals surface area (Å²) in [5.74, 6) is 0.444. The maximum absolute atomic E-state index is 5.78. The lowest BCUT2D eigenvalue weighted by Crippen LogP contribution is -1.83. The lowest BCUT2D eigenvalue weighted by Gasteiger charge is -2.00. The van der Waals surface area contributed by atoms with Crippen LogP contribution in [0.2, 0.25) is 5.15 Å². The Balaban J connectivity index is 2.55. The highest BCUT2D eigenvalue weighted by atomic mass is 79.9. The van der Waals surface area contributed by atoms with Crippen molar-refractivity contribution in [2.24, 2.45) is 0 Å². The Kier molecular flexibility index (Phi) is 2.43. The third kappa shape index (κ3) is 1.73. The zero-order chi connectivity index (χ0) is 10.1. The zero-order valence-electron chi connectivity index (χ0n) is 6.96. The number of pyridine rings is 1. The van der Waals surface area contributed by atoms with E-state index in [4.69, 9.17) is 17.3 Å². The molecule has 2 aromatic rings. The molecule has 0 unspecified atom stereocenters. The highest BCUT2D eigenvalue weighted by molar-refractivity contribution is 9.10. The summed E-state index contributed by atoms with van der Waals surface area (Å²) < 4.78 is 0.838. The van der Waals surface area contributed by atoms with Gasteiger partial charge in [0.1, 0.15) is 11.0 Å². The number of nitrogens with zero attached hydrogens (tertiary/aromatic N) is 2. The molecule has 2 aromatic heterocycles. The molecule has 4 nitrogen and oxygen atoms in total. The first-order valence-corrected chi connectivity index (χ1v) is 4.96. The van der Waals surface area contributed by atoms with Gasteiger partial charge >= 0.3 is 0 Å². The van der Waals surface area contributed by atoms with Crippen LogP contribution >= 0.6 is 27.5 Å². The van der Waals surface area contributed by atoms with Gasteiger partial charge in [0, 0.05) is 22.3 Å². The van der Waals surface area contributed by atoms with Crippen molar-refractivity contribution in [1.29, 1.82) is 0 Å². The summed E-state index contributed by atoms with van der Waals surface area (Å²) in [7, 11) is 0. The van der Waals surface area contributed by atoms with E-state index >= 15 is 0 Å². The number of rotatable bonds is 1. The molecule has 0 bridgehead atoms. The smallest absolute Gasteiger partial charge is 0.145 e. The number of nitrogen functional groups attached to an aromatic ring is 1. The van der Waals surface area contributed by atoms with E-state index in [1.807, 2.05) is 0 Å². The van der Waals surface area contributed by atoms with Crippen LogP contribution in [-0.2, 0) is 0 Å². The Morgan fingerprint density at radius 2 is 2.21 bits per heavy atom. The SMILES string of the molecule is Nc1cc(-c2cc(Cl)ncc2Br)[nH]n1. The zero-order valence-corrected chi connectivity index (χ0v) is 9.30. The predicted octanol–water partition coefficient (Wildman–Crippen LogP) is 2.47. The largest absolute Gasteiger partial charge is 0.382 e. The third-order valence-electron chi connectivity index (χ3n) is 1.71. The van der Waals surface area contributed by atoms with E-state index in [1.165, 1.54) is 0 Å². The lowest BCUT2D eigenvalue weighted by atomic mass is 10.2. The molecule has 0 amide bonds. The van der Waals surface area contributed by atoms with E-state index in [9.17, 15) is 0 Å². The third-order valence-corrected chi connectivity index (χ3v) is 2.55. The molecule has 2 rings (SSSR count). The van der Waals surface area contributed by atoms with E-state index in [2.05, 4.69) is 31.1 Å². The van der Waals surface area contributed by atoms with Crippen molar-refractivity contribution in [3.63, 3.8) is 0 Å². The van der Waals surface area contributed by atoms with Gasteiger partial charge in [-0.05, 0) is 22.0 Å². The number of aromatic amines is 1. The first kappa shape index (κ1) is 9.48. The van der Waals surface area contributed by atoms with E-state index < -0.39 is 0 Å². The van der Waals surface area contributed by atoms with Crippen molar-refractivity contribution in [3.8, 4) is 11.3 Å². The van der Waals surface area contributed by atoms with Crippen LogP contribution in [0.5, 0.6) is 0 Å². The maximum atomic E-state index is 5.78. The van der Waals surface area contributed by atoms with Crippen molar-refractivity contribution in [2.75, 3.05) is 5.73 Å². The number of H-pyrrole nitrogens is 1. The van der Waals surface area contributed by atoms with Gasteiger partial charge < -0.3 is 5.73 Å². The van der Waals surface area contributed by atoms with Gasteiger partial charge in [0.05, 0.1) is 5.69 Å². The van der Waals surface area contributed by atoms with E-state index in [0.29, 0.717) is 11.0 Å². The monoisotopic (exact) mass is 272 g/mol. The molecule has 0 saturated carbocycles. The summed E-state index contributed by atoms with van der Waals surface area (Å²) >= 11 is 9.14. The summed E-state index contributed by atoms with van der Waals surface area (Å²) in [6.07, 6.45) is 1.63. The van der Waals surface area contributed by atoms with Crippen LogP contribution in [0, 0.1) is 0 Å². The minimum atomic E-state index is 0.427. The van der Waals surface area contributed by atoms with Gasteiger partial charge in [-0.15, -0.1) is 0 Å². The Morgan fingerprint density at radius 3 is 2.86 bits per heavy atom. The molecule has 6 heteroatoms. The van der Waals surface area contributed by atoms with Gasteiger partial charge in [0.2, 0.25) is 0 Å². The number of hydrogen-bond donors (Lipinski definition) is 2. The predicted molar refractivity (Wildman–Crippen MR) is 58.9 cm³/mol. The molecular formula is C8H6BrClN4. The van der Waals surface area contributed by atoms with Gasteiger partial charge in [-0.2, -0.15) is 5.10 Å². The Bertz CT molecular complexity index is 468. The van der Waals surface area contributed by atoms with Crippen LogP contribution in [0.1, 0.15) is 0 Å². The van der Waals surface area contributed by atoms with Crippen molar-refractivity contribution >= 4 is 33.3 Å². The quantitative estimate of drug-likeness (QED) is 0.784. The number of aromatic nitrogens is 3. The van der Waals surface area contributed by atoms with Crippen molar-refractivity contribution in [1.82, 2.24) is 15.2 Å². The van der Waals surface area contributed by atoms with Crippen LogP contribution in [-0.4, -0.2) is 15.2 Å². The molecule has 2 heterocycles. The van der Waals surface area contributed by atoms with Crippen LogP contribution in [0.4, 0.5) is 5.82 Å². The second-order valence-corrected chi connectivity index (χ2v) is 3.93. The van der Waals surface area contributed by atoms with Gasteiger partial charge in [-0.3, -0.25) is 5.10 Å². The van der Waals surface area contributed by atoms with E-state index in [1.54, 1.807) is 18.3 Å². The molecule has 14 heavy (non-hydrogen) atoms. The van der Waals surface area contributed by atoms with Gasteiger partial charge in [-0.25, -0.2) is 4.98 Å². The number of nitrogens with one attached hydrogen (secondary N) is 1. The molecule has 0 fully saturated rings. The molecule has 72 valence electrons. The highest BCUT2D eigenvalue weighted by Gasteiger charge is 2.07. The Hall–Kier alpha value is -1.07. The van der Waals surface area contributed by atoms with Crippen LogP contribution in [0.25, 0.3) is 11.3 Å². The normalized spacial score (nSPS) is 10.4. The molecule has 0 atom stereocenters. The first-order chi connectivity index (χ1) is 6.66. The molecule has 0 aliphatic rings. The fourth-order valence-electron chi connectivity index (χ4n) is 1.09. The summed E-state index contributed by atoms with van der Waals surface area (Å²) in [6.45, 7) is 0. The van der Waals surface area contributed by atoms with Gasteiger partial charge in [-0.1, -0.05) is 11.6 Å². The van der Waals surface area contributed by atoms with E-state index in [0.717, 1.165) is 15.7 Å². The fraction of sp³-hybridized carbons (Fsp3) is 0. The molecule has 0 aliphatic carbocycles. The van der Waals surface area contributed by atoms with Crippen LogP contribution < -0.4 is 5.73 Å². The summed E-state index contributed by atoms with van der Waals surface area (Å²) in [5, 5.41) is 7.06. The highest BCUT2D eigenvalue weighted by Crippen LogP contribution is 2.28. The minimum Gasteiger partial charge on any atom is -0.382 e. The lowest BCUT2D eigenvalue weighted by molar-refractivity contribution is 1.10. The average molecular weight is 274 g/mol. The van der Waals surface area contributed by atoms with Gasteiger partial charge in [0.25, 0.3) is 0 Å². The van der Waals surface area contributed by atoms with Crippen molar-refractivity contribution in [2.45, 2.75) is 0 Å². The van der Waals surface area contributed by atoms with E-state index in [-0.39, 0.29) is 0 Å². The van der Waals surface area contributed by atoms with Crippen molar-refractivity contribution in [3.05, 3.63) is 28.0 Å². The van der Waals surface area contributed by atoms with Crippen molar-refractivity contribution < 1.29 is 0 Å². The maximum Gasteiger partial charge on any atom is 0.145 e. The molecule has 0 radical (unpaired) electrons. The molecule has 0 aliphatic heterocycles. The molecule has 0 spiro atoms. The van der Waals surface area contributed by atoms with Crippen LogP contribution in [0.3, 0.4) is 0 Å². The molecule has 0 aromatic carbocycles. The molecule has 0 saturated heterocycles. The van der Waals surface area contributed by atoms with Crippen LogP contribution in [0.15, 0.2) is 22.8 Å². The number of halogens is 2. The molecule has 3 N–H and O–H groups in total. The number of nitrogens with two attached hydrogens (primary N) is 1. The Labute approximate surface area is 93.6 Å². The summed E-state index contributed by atoms with van der Waals surface area (Å²) in [4.78, 5) is 3.92. The fourth-order valence-corrected chi connectivity index (χ4v) is 1.68.